The Labute approximate surface area is 208 Å². The molecule has 4 heteroatoms. The molecule has 1 aliphatic heterocycles. The van der Waals surface area contributed by atoms with Gasteiger partial charge in [0, 0.05) is 0 Å². The molecule has 34 heavy (non-hydrogen) atoms. The maximum atomic E-state index is 12.0. The molecule has 0 radical (unpaired) electrons. The fourth-order valence-corrected chi connectivity index (χ4v) is 11.2. The Morgan fingerprint density at radius 1 is 0.765 bits per heavy atom. The van der Waals surface area contributed by atoms with Crippen LogP contribution in [-0.2, 0) is 4.74 Å². The van der Waals surface area contributed by atoms with Crippen LogP contribution in [0, 0.1) is 45.3 Å². The maximum absolute atomic E-state index is 12.0. The van der Waals surface area contributed by atoms with Gasteiger partial charge in [0.2, 0.25) is 0 Å². The summed E-state index contributed by atoms with van der Waals surface area (Å²) in [5.74, 6) is 1.63. The van der Waals surface area contributed by atoms with Gasteiger partial charge in [-0.25, -0.2) is 0 Å². The van der Waals surface area contributed by atoms with Crippen molar-refractivity contribution in [2.24, 2.45) is 45.3 Å². The first-order chi connectivity index (χ1) is 15.5. The van der Waals surface area contributed by atoms with Crippen molar-refractivity contribution in [2.75, 3.05) is 0 Å². The molecule has 11 atom stereocenters. The third-order valence-electron chi connectivity index (χ3n) is 13.2. The van der Waals surface area contributed by atoms with Crippen LogP contribution in [0.15, 0.2) is 0 Å². The van der Waals surface area contributed by atoms with Gasteiger partial charge in [-0.1, -0.05) is 34.6 Å². The van der Waals surface area contributed by atoms with Gasteiger partial charge in [0.1, 0.15) is 0 Å². The first-order valence-corrected chi connectivity index (χ1v) is 14.3. The predicted octanol–water partition coefficient (Wildman–Crippen LogP) is 5.71. The van der Waals surface area contributed by atoms with E-state index in [0.29, 0.717) is 17.8 Å². The second kappa shape index (κ2) is 7.45. The third kappa shape index (κ3) is 3.16. The van der Waals surface area contributed by atoms with Crippen molar-refractivity contribution in [3.63, 3.8) is 0 Å². The number of hydrogen-bond acceptors (Lipinski definition) is 4. The maximum Gasteiger partial charge on any atom is 0.0865 e. The number of rotatable bonds is 2. The quantitative estimate of drug-likeness (QED) is 0.477. The first-order valence-electron chi connectivity index (χ1n) is 14.3. The average Bonchev–Trinajstić information content (AvgIpc) is 3.27. The number of ether oxygens (including phenoxy) is 1. The molecule has 0 aromatic rings. The van der Waals surface area contributed by atoms with Gasteiger partial charge in [0.15, 0.2) is 0 Å². The summed E-state index contributed by atoms with van der Waals surface area (Å²) in [6, 6.07) is 0. The van der Waals surface area contributed by atoms with Crippen LogP contribution in [0.4, 0.5) is 0 Å². The Bertz CT molecular complexity index is 817. The lowest BCUT2D eigenvalue weighted by atomic mass is 9.35. The topological polar surface area (TPSA) is 69.9 Å². The van der Waals surface area contributed by atoms with Crippen LogP contribution in [0.3, 0.4) is 0 Å². The Morgan fingerprint density at radius 2 is 1.41 bits per heavy atom. The summed E-state index contributed by atoms with van der Waals surface area (Å²) in [4.78, 5) is 0. The zero-order valence-corrected chi connectivity index (χ0v) is 23.2. The first kappa shape index (κ1) is 25.5. The molecule has 5 fully saturated rings. The average molecular weight is 477 g/mol. The lowest BCUT2D eigenvalue weighted by molar-refractivity contribution is -0.257. The smallest absolute Gasteiger partial charge is 0.0865 e. The summed E-state index contributed by atoms with van der Waals surface area (Å²) >= 11 is 0. The van der Waals surface area contributed by atoms with Crippen molar-refractivity contribution in [3.05, 3.63) is 0 Å². The summed E-state index contributed by atoms with van der Waals surface area (Å²) in [5.41, 5.74) is -0.766. The van der Waals surface area contributed by atoms with E-state index in [9.17, 15) is 15.3 Å². The highest BCUT2D eigenvalue weighted by atomic mass is 16.5. The number of hydrogen-bond donors (Lipinski definition) is 3. The van der Waals surface area contributed by atoms with Crippen LogP contribution >= 0.6 is 0 Å². The highest BCUT2D eigenvalue weighted by molar-refractivity contribution is 5.20. The summed E-state index contributed by atoms with van der Waals surface area (Å²) in [6.45, 7) is 18.1. The monoisotopic (exact) mass is 476 g/mol. The molecule has 0 aromatic carbocycles. The van der Waals surface area contributed by atoms with Crippen molar-refractivity contribution < 1.29 is 20.1 Å². The zero-order valence-electron chi connectivity index (χ0n) is 23.2. The molecule has 5 aliphatic rings. The van der Waals surface area contributed by atoms with E-state index in [1.807, 2.05) is 13.8 Å². The Balaban J connectivity index is 1.48. The molecule has 0 spiro atoms. The van der Waals surface area contributed by atoms with Crippen LogP contribution in [0.25, 0.3) is 0 Å². The van der Waals surface area contributed by atoms with Crippen LogP contribution < -0.4 is 0 Å². The minimum atomic E-state index is -0.811. The van der Waals surface area contributed by atoms with Gasteiger partial charge < -0.3 is 20.1 Å². The second-order valence-electron chi connectivity index (χ2n) is 15.5. The Hall–Kier alpha value is -0.160. The molecule has 5 rings (SSSR count). The molecule has 4 nitrogen and oxygen atoms in total. The van der Waals surface area contributed by atoms with Crippen LogP contribution in [0.5, 0.6) is 0 Å². The summed E-state index contributed by atoms with van der Waals surface area (Å²) in [6.07, 6.45) is 8.71. The standard InChI is InChI=1S/C30H52O4/c1-25(2)21-10-15-29(7)24(27(21,5)13-11-22(25)32)20(31)17-19-18(9-14-28(19,29)6)30(8)16-12-23(34-30)26(3,4)33/h18-24,31-33H,9-17H2,1-8H3/t18-,19+,20+,21-,22+,23-,24+,27-,28+,29+,30+/m0/s1. The molecule has 3 N–H and O–H groups in total. The number of aliphatic hydroxyl groups is 3. The van der Waals surface area contributed by atoms with Crippen molar-refractivity contribution in [1.29, 1.82) is 0 Å². The Kier molecular flexibility index (Phi) is 5.59. The minimum absolute atomic E-state index is 0.0704. The van der Waals surface area contributed by atoms with Crippen LogP contribution in [-0.4, -0.2) is 44.8 Å². The largest absolute Gasteiger partial charge is 0.393 e. The fraction of sp³-hybridized carbons (Fsp3) is 1.00. The lowest BCUT2D eigenvalue weighted by Gasteiger charge is -2.70. The molecular weight excluding hydrogens is 424 g/mol. The van der Waals surface area contributed by atoms with Gasteiger partial charge in [0.05, 0.1) is 29.5 Å². The van der Waals surface area contributed by atoms with E-state index in [1.54, 1.807) is 0 Å². The minimum Gasteiger partial charge on any atom is -0.393 e. The van der Waals surface area contributed by atoms with Gasteiger partial charge >= 0.3 is 0 Å². The number of aliphatic hydroxyl groups excluding tert-OH is 2. The molecule has 0 bridgehead atoms. The Morgan fingerprint density at radius 3 is 2.03 bits per heavy atom. The summed E-state index contributed by atoms with van der Waals surface area (Å²) < 4.78 is 6.68. The van der Waals surface area contributed by atoms with E-state index in [4.69, 9.17) is 4.74 Å². The second-order valence-corrected chi connectivity index (χ2v) is 15.5. The molecule has 0 amide bonds. The van der Waals surface area contributed by atoms with E-state index >= 15 is 0 Å². The SMILES string of the molecule is CC(C)(O)[C@@H]1CC[C@](C)([C@H]2CC[C@]3(C)[C@@H]2C[C@@H](O)[C@@H]2[C@@]4(C)CC[C@@H](O)C(C)(C)[C@@H]4CC[C@]23C)O1. The molecule has 4 aliphatic carbocycles. The molecule has 1 heterocycles. The van der Waals surface area contributed by atoms with Gasteiger partial charge in [0.25, 0.3) is 0 Å². The van der Waals surface area contributed by atoms with Crippen molar-refractivity contribution in [3.8, 4) is 0 Å². The molecular formula is C30H52O4. The van der Waals surface area contributed by atoms with Gasteiger partial charge in [-0.2, -0.15) is 0 Å². The zero-order chi connectivity index (χ0) is 25.1. The molecule has 0 unspecified atom stereocenters. The molecule has 196 valence electrons. The van der Waals surface area contributed by atoms with Gasteiger partial charge in [-0.3, -0.25) is 0 Å². The fourth-order valence-electron chi connectivity index (χ4n) is 11.2. The van der Waals surface area contributed by atoms with Gasteiger partial charge in [-0.15, -0.1) is 0 Å². The number of fused-ring (bicyclic) bond motifs is 5. The normalized spacial score (nSPS) is 57.1. The van der Waals surface area contributed by atoms with E-state index in [0.717, 1.165) is 51.4 Å². The predicted molar refractivity (Wildman–Crippen MR) is 135 cm³/mol. The summed E-state index contributed by atoms with van der Waals surface area (Å²) in [5, 5.41) is 33.5. The lowest BCUT2D eigenvalue weighted by Crippen LogP contribution is -2.67. The molecule has 0 aromatic heterocycles. The highest BCUT2D eigenvalue weighted by Crippen LogP contribution is 2.76. The van der Waals surface area contributed by atoms with Crippen molar-refractivity contribution in [2.45, 2.75) is 143 Å². The van der Waals surface area contributed by atoms with Crippen molar-refractivity contribution in [1.82, 2.24) is 0 Å². The van der Waals surface area contributed by atoms with Crippen molar-refractivity contribution >= 4 is 0 Å². The van der Waals surface area contributed by atoms with E-state index in [2.05, 4.69) is 41.5 Å². The highest BCUT2D eigenvalue weighted by Gasteiger charge is 2.72. The molecule has 4 saturated carbocycles. The van der Waals surface area contributed by atoms with E-state index < -0.39 is 5.60 Å². The third-order valence-corrected chi connectivity index (χ3v) is 13.2. The van der Waals surface area contributed by atoms with Crippen LogP contribution in [0.1, 0.15) is 113 Å². The summed E-state index contributed by atoms with van der Waals surface area (Å²) in [7, 11) is 0. The van der Waals surface area contributed by atoms with E-state index in [1.165, 1.54) is 6.42 Å². The molecule has 1 saturated heterocycles. The van der Waals surface area contributed by atoms with Gasteiger partial charge in [-0.05, 0) is 124 Å². The van der Waals surface area contributed by atoms with E-state index in [-0.39, 0.29) is 51.5 Å². The van der Waals surface area contributed by atoms with Crippen LogP contribution in [0.2, 0.25) is 0 Å².